The van der Waals surface area contributed by atoms with Crippen molar-refractivity contribution in [2.45, 2.75) is 6.42 Å². The Morgan fingerprint density at radius 1 is 1.25 bits per heavy atom. The summed E-state index contributed by atoms with van der Waals surface area (Å²) in [6.45, 7) is 0. The molecule has 2 rings (SSSR count). The van der Waals surface area contributed by atoms with Gasteiger partial charge in [0.25, 0.3) is 0 Å². The average molecular weight is 218 g/mol. The van der Waals surface area contributed by atoms with E-state index >= 15 is 0 Å². The number of anilines is 2. The molecule has 84 valence electrons. The second-order valence-electron chi connectivity index (χ2n) is 3.51. The van der Waals surface area contributed by atoms with Crippen molar-refractivity contribution < 1.29 is 9.15 Å². The first kappa shape index (κ1) is 10.4. The highest BCUT2D eigenvalue weighted by molar-refractivity contribution is 5.71. The van der Waals surface area contributed by atoms with Crippen LogP contribution in [-0.2, 0) is 6.42 Å². The van der Waals surface area contributed by atoms with Crippen molar-refractivity contribution >= 4 is 11.4 Å². The molecule has 0 fully saturated rings. The average Bonchev–Trinajstić information content (AvgIpc) is 2.78. The summed E-state index contributed by atoms with van der Waals surface area (Å²) in [4.78, 5) is 0. The minimum absolute atomic E-state index is 0.552. The molecule has 0 aliphatic heterocycles. The first-order valence-electron chi connectivity index (χ1n) is 4.95. The Kier molecular flexibility index (Phi) is 2.72. The lowest BCUT2D eigenvalue weighted by atomic mass is 10.1. The Morgan fingerprint density at radius 2 is 2.06 bits per heavy atom. The zero-order valence-corrected chi connectivity index (χ0v) is 9.07. The number of hydrogen-bond donors (Lipinski definition) is 2. The lowest BCUT2D eigenvalue weighted by molar-refractivity contribution is 0.409. The molecule has 4 heteroatoms. The molecule has 0 saturated carbocycles. The summed E-state index contributed by atoms with van der Waals surface area (Å²) in [5, 5.41) is 0. The molecule has 0 atom stereocenters. The number of furan rings is 1. The van der Waals surface area contributed by atoms with E-state index in [1.807, 2.05) is 18.2 Å². The first-order chi connectivity index (χ1) is 7.72. The number of hydrogen-bond acceptors (Lipinski definition) is 4. The van der Waals surface area contributed by atoms with Crippen LogP contribution in [0, 0.1) is 0 Å². The molecular formula is C12H14N2O2. The Hall–Kier alpha value is -2.10. The highest BCUT2D eigenvalue weighted by Crippen LogP contribution is 2.31. The van der Waals surface area contributed by atoms with E-state index in [2.05, 4.69) is 0 Å². The summed E-state index contributed by atoms with van der Waals surface area (Å²) in [5.74, 6) is 1.55. The van der Waals surface area contributed by atoms with Crippen LogP contribution in [0.5, 0.6) is 5.75 Å². The third-order valence-corrected chi connectivity index (χ3v) is 2.50. The van der Waals surface area contributed by atoms with Gasteiger partial charge >= 0.3 is 0 Å². The van der Waals surface area contributed by atoms with Crippen molar-refractivity contribution in [1.82, 2.24) is 0 Å². The van der Waals surface area contributed by atoms with Gasteiger partial charge < -0.3 is 20.6 Å². The molecule has 0 radical (unpaired) electrons. The molecule has 0 amide bonds. The third-order valence-electron chi connectivity index (χ3n) is 2.50. The van der Waals surface area contributed by atoms with Crippen molar-refractivity contribution in [3.63, 3.8) is 0 Å². The van der Waals surface area contributed by atoms with Crippen molar-refractivity contribution in [3.05, 3.63) is 41.9 Å². The smallest absolute Gasteiger partial charge is 0.124 e. The number of nitrogen functional groups attached to an aromatic ring is 2. The van der Waals surface area contributed by atoms with Gasteiger partial charge in [-0.3, -0.25) is 0 Å². The second kappa shape index (κ2) is 4.18. The van der Waals surface area contributed by atoms with Gasteiger partial charge in [-0.25, -0.2) is 0 Å². The van der Waals surface area contributed by atoms with E-state index in [0.717, 1.165) is 17.1 Å². The summed E-state index contributed by atoms with van der Waals surface area (Å²) in [6, 6.07) is 7.27. The lowest BCUT2D eigenvalue weighted by Crippen LogP contribution is -2.03. The van der Waals surface area contributed by atoms with Gasteiger partial charge in [-0.1, -0.05) is 0 Å². The standard InChI is InChI=1S/C12H14N2O2/c1-15-11-5-4-10(13)12(14)9(11)7-8-3-2-6-16-8/h2-6H,7,13-14H2,1H3. The van der Waals surface area contributed by atoms with E-state index in [4.69, 9.17) is 20.6 Å². The maximum Gasteiger partial charge on any atom is 0.124 e. The highest BCUT2D eigenvalue weighted by atomic mass is 16.5. The molecule has 2 aromatic rings. The van der Waals surface area contributed by atoms with Crippen LogP contribution in [0.1, 0.15) is 11.3 Å². The topological polar surface area (TPSA) is 74.4 Å². The quantitative estimate of drug-likeness (QED) is 0.773. The van der Waals surface area contributed by atoms with Crippen molar-refractivity contribution in [2.24, 2.45) is 0 Å². The summed E-state index contributed by atoms with van der Waals surface area (Å²) in [7, 11) is 1.61. The first-order valence-corrected chi connectivity index (χ1v) is 4.95. The Labute approximate surface area is 93.8 Å². The van der Waals surface area contributed by atoms with Gasteiger partial charge in [0.1, 0.15) is 11.5 Å². The second-order valence-corrected chi connectivity index (χ2v) is 3.51. The Morgan fingerprint density at radius 3 is 2.69 bits per heavy atom. The Balaban J connectivity index is 2.41. The van der Waals surface area contributed by atoms with Crippen LogP contribution in [0.2, 0.25) is 0 Å². The number of nitrogens with two attached hydrogens (primary N) is 2. The lowest BCUT2D eigenvalue weighted by Gasteiger charge is -2.12. The maximum atomic E-state index is 5.93. The van der Waals surface area contributed by atoms with Crippen LogP contribution in [0.4, 0.5) is 11.4 Å². The fourth-order valence-electron chi connectivity index (χ4n) is 1.62. The van der Waals surface area contributed by atoms with Gasteiger partial charge in [-0.05, 0) is 24.3 Å². The summed E-state index contributed by atoms with van der Waals surface area (Å²) in [5.41, 5.74) is 13.7. The Bertz CT molecular complexity index is 478. The van der Waals surface area contributed by atoms with Gasteiger partial charge in [0, 0.05) is 12.0 Å². The molecule has 4 N–H and O–H groups in total. The van der Waals surface area contributed by atoms with Gasteiger partial charge in [-0.2, -0.15) is 0 Å². The van der Waals surface area contributed by atoms with E-state index in [1.54, 1.807) is 19.4 Å². The minimum Gasteiger partial charge on any atom is -0.496 e. The number of benzene rings is 1. The van der Waals surface area contributed by atoms with E-state index < -0.39 is 0 Å². The summed E-state index contributed by atoms with van der Waals surface area (Å²) >= 11 is 0. The third kappa shape index (κ3) is 1.82. The van der Waals surface area contributed by atoms with Crippen LogP contribution in [0.25, 0.3) is 0 Å². The summed E-state index contributed by atoms with van der Waals surface area (Å²) < 4.78 is 10.5. The molecule has 0 aliphatic rings. The van der Waals surface area contributed by atoms with E-state index in [0.29, 0.717) is 17.8 Å². The van der Waals surface area contributed by atoms with E-state index in [9.17, 15) is 0 Å². The SMILES string of the molecule is COc1ccc(N)c(N)c1Cc1ccco1. The largest absolute Gasteiger partial charge is 0.496 e. The van der Waals surface area contributed by atoms with Gasteiger partial charge in [-0.15, -0.1) is 0 Å². The molecule has 0 unspecified atom stereocenters. The fraction of sp³-hybridized carbons (Fsp3) is 0.167. The number of methoxy groups -OCH3 is 1. The van der Waals surface area contributed by atoms with E-state index in [-0.39, 0.29) is 0 Å². The van der Waals surface area contributed by atoms with E-state index in [1.165, 1.54) is 0 Å². The highest BCUT2D eigenvalue weighted by Gasteiger charge is 2.11. The van der Waals surface area contributed by atoms with Crippen LogP contribution < -0.4 is 16.2 Å². The van der Waals surface area contributed by atoms with Crippen molar-refractivity contribution in [3.8, 4) is 5.75 Å². The molecule has 0 spiro atoms. The minimum atomic E-state index is 0.552. The molecule has 4 nitrogen and oxygen atoms in total. The van der Waals surface area contributed by atoms with Crippen LogP contribution in [0.3, 0.4) is 0 Å². The van der Waals surface area contributed by atoms with Gasteiger partial charge in [0.05, 0.1) is 24.7 Å². The fourth-order valence-corrected chi connectivity index (χ4v) is 1.62. The van der Waals surface area contributed by atoms with Crippen LogP contribution in [0.15, 0.2) is 34.9 Å². The van der Waals surface area contributed by atoms with Crippen LogP contribution >= 0.6 is 0 Å². The molecule has 1 aromatic carbocycles. The number of ether oxygens (including phenoxy) is 1. The molecule has 1 aromatic heterocycles. The normalized spacial score (nSPS) is 10.3. The molecule has 0 aliphatic carbocycles. The molecule has 0 bridgehead atoms. The molecule has 16 heavy (non-hydrogen) atoms. The zero-order valence-electron chi connectivity index (χ0n) is 9.07. The zero-order chi connectivity index (χ0) is 11.5. The molecular weight excluding hydrogens is 204 g/mol. The predicted molar refractivity (Wildman–Crippen MR) is 63.3 cm³/mol. The molecule has 0 saturated heterocycles. The molecule has 1 heterocycles. The van der Waals surface area contributed by atoms with Gasteiger partial charge in [0.2, 0.25) is 0 Å². The van der Waals surface area contributed by atoms with Crippen LogP contribution in [-0.4, -0.2) is 7.11 Å². The van der Waals surface area contributed by atoms with Gasteiger partial charge in [0.15, 0.2) is 0 Å². The van der Waals surface area contributed by atoms with Crippen molar-refractivity contribution in [1.29, 1.82) is 0 Å². The summed E-state index contributed by atoms with van der Waals surface area (Å²) in [6.07, 6.45) is 2.21. The van der Waals surface area contributed by atoms with Crippen molar-refractivity contribution in [2.75, 3.05) is 18.6 Å². The number of rotatable bonds is 3. The monoisotopic (exact) mass is 218 g/mol. The predicted octanol–water partition coefficient (Wildman–Crippen LogP) is 2.04. The maximum absolute atomic E-state index is 5.93.